The van der Waals surface area contributed by atoms with Crippen LogP contribution in [0, 0.1) is 0 Å². The minimum Gasteiger partial charge on any atom is -0.465 e. The van der Waals surface area contributed by atoms with Gasteiger partial charge in [-0.1, -0.05) is 36.4 Å². The van der Waals surface area contributed by atoms with Crippen LogP contribution in [0.2, 0.25) is 0 Å². The Morgan fingerprint density at radius 3 is 2.52 bits per heavy atom. The molecule has 5 rings (SSSR count). The van der Waals surface area contributed by atoms with Crippen molar-refractivity contribution in [1.82, 2.24) is 14.3 Å². The van der Waals surface area contributed by atoms with Crippen LogP contribution in [-0.2, 0) is 4.74 Å². The van der Waals surface area contributed by atoms with E-state index in [-0.39, 0.29) is 12.1 Å². The normalized spacial score (nSPS) is 15.5. The standard InChI is InChI=1S/C26H24N4O3/c1-33-25(31)19-12-14-20(15-13-19)27-26(32)30-17-7-11-22(30)24-28-23(18-8-3-2-4-9-18)21-10-5-6-16-29(21)24/h2-6,8-10,12-16,22H,7,11,17H2,1H3,(H,27,32). The number of fused-ring (bicyclic) bond motifs is 1. The number of rotatable bonds is 4. The molecule has 2 amide bonds. The Morgan fingerprint density at radius 2 is 1.76 bits per heavy atom. The van der Waals surface area contributed by atoms with Gasteiger partial charge in [-0.15, -0.1) is 0 Å². The first-order chi connectivity index (χ1) is 16.2. The number of hydrogen-bond donors (Lipinski definition) is 1. The molecule has 0 radical (unpaired) electrons. The highest BCUT2D eigenvalue weighted by molar-refractivity contribution is 5.92. The van der Waals surface area contributed by atoms with Crippen molar-refractivity contribution in [1.29, 1.82) is 0 Å². The topological polar surface area (TPSA) is 75.9 Å². The van der Waals surface area contributed by atoms with Crippen molar-refractivity contribution in [3.05, 3.63) is 90.4 Å². The molecule has 4 aromatic rings. The molecule has 1 aliphatic heterocycles. The van der Waals surface area contributed by atoms with E-state index < -0.39 is 5.97 Å². The number of esters is 1. The maximum atomic E-state index is 13.2. The highest BCUT2D eigenvalue weighted by Crippen LogP contribution is 2.35. The molecule has 0 saturated carbocycles. The first kappa shape index (κ1) is 20.8. The number of anilines is 1. The van der Waals surface area contributed by atoms with Crippen molar-refractivity contribution in [2.45, 2.75) is 18.9 Å². The molecule has 1 atom stereocenters. The summed E-state index contributed by atoms with van der Waals surface area (Å²) in [6.45, 7) is 0.652. The highest BCUT2D eigenvalue weighted by atomic mass is 16.5. The SMILES string of the molecule is COC(=O)c1ccc(NC(=O)N2CCCC2c2nc(-c3ccccc3)c3ccccn23)cc1. The molecule has 0 bridgehead atoms. The van der Waals surface area contributed by atoms with Crippen LogP contribution >= 0.6 is 0 Å². The molecule has 1 aliphatic rings. The van der Waals surface area contributed by atoms with Gasteiger partial charge in [0.1, 0.15) is 5.82 Å². The number of imidazole rings is 1. The smallest absolute Gasteiger partial charge is 0.337 e. The van der Waals surface area contributed by atoms with Gasteiger partial charge in [-0.2, -0.15) is 0 Å². The average molecular weight is 441 g/mol. The number of pyridine rings is 1. The molecular weight excluding hydrogens is 416 g/mol. The molecule has 1 N–H and O–H groups in total. The number of hydrogen-bond acceptors (Lipinski definition) is 4. The summed E-state index contributed by atoms with van der Waals surface area (Å²) < 4.78 is 6.81. The monoisotopic (exact) mass is 440 g/mol. The van der Waals surface area contributed by atoms with Crippen LogP contribution < -0.4 is 5.32 Å². The lowest BCUT2D eigenvalue weighted by Gasteiger charge is -2.24. The lowest BCUT2D eigenvalue weighted by molar-refractivity contribution is 0.0600. The van der Waals surface area contributed by atoms with E-state index >= 15 is 0 Å². The van der Waals surface area contributed by atoms with Crippen molar-refractivity contribution < 1.29 is 14.3 Å². The molecule has 2 aromatic carbocycles. The fourth-order valence-corrected chi connectivity index (χ4v) is 4.39. The third-order valence-corrected chi connectivity index (χ3v) is 5.99. The first-order valence-electron chi connectivity index (χ1n) is 10.9. The maximum absolute atomic E-state index is 13.2. The number of benzene rings is 2. The molecule has 0 aliphatic carbocycles. The van der Waals surface area contributed by atoms with E-state index in [0.29, 0.717) is 17.8 Å². The number of carbonyl (C=O) groups is 2. The zero-order valence-electron chi connectivity index (χ0n) is 18.3. The van der Waals surface area contributed by atoms with Gasteiger partial charge in [0, 0.05) is 24.0 Å². The van der Waals surface area contributed by atoms with Gasteiger partial charge in [-0.05, 0) is 49.2 Å². The van der Waals surface area contributed by atoms with E-state index in [2.05, 4.69) is 27.9 Å². The predicted octanol–water partition coefficient (Wildman–Crippen LogP) is 5.16. The molecule has 1 unspecified atom stereocenters. The summed E-state index contributed by atoms with van der Waals surface area (Å²) in [7, 11) is 1.34. The minimum atomic E-state index is -0.409. The van der Waals surface area contributed by atoms with Gasteiger partial charge < -0.3 is 19.4 Å². The van der Waals surface area contributed by atoms with Gasteiger partial charge in [0.2, 0.25) is 0 Å². The van der Waals surface area contributed by atoms with Gasteiger partial charge in [-0.25, -0.2) is 14.6 Å². The van der Waals surface area contributed by atoms with E-state index in [9.17, 15) is 9.59 Å². The number of likely N-dealkylation sites (tertiary alicyclic amines) is 1. The number of nitrogens with one attached hydrogen (secondary N) is 1. The number of carbonyl (C=O) groups excluding carboxylic acids is 2. The highest BCUT2D eigenvalue weighted by Gasteiger charge is 2.33. The Balaban J connectivity index is 1.43. The molecule has 33 heavy (non-hydrogen) atoms. The van der Waals surface area contributed by atoms with Crippen molar-refractivity contribution >= 4 is 23.2 Å². The van der Waals surface area contributed by atoms with E-state index in [0.717, 1.165) is 35.4 Å². The van der Waals surface area contributed by atoms with Crippen molar-refractivity contribution in [2.75, 3.05) is 19.0 Å². The second kappa shape index (κ2) is 8.78. The maximum Gasteiger partial charge on any atom is 0.337 e. The zero-order valence-corrected chi connectivity index (χ0v) is 18.3. The van der Waals surface area contributed by atoms with E-state index in [1.165, 1.54) is 7.11 Å². The number of nitrogens with zero attached hydrogens (tertiary/aromatic N) is 3. The Hall–Kier alpha value is -4.13. The van der Waals surface area contributed by atoms with Gasteiger partial charge in [0.05, 0.1) is 29.9 Å². The van der Waals surface area contributed by atoms with Crippen molar-refractivity contribution in [3.63, 3.8) is 0 Å². The van der Waals surface area contributed by atoms with E-state index in [1.54, 1.807) is 24.3 Å². The lowest BCUT2D eigenvalue weighted by atomic mass is 10.1. The summed E-state index contributed by atoms with van der Waals surface area (Å²) in [4.78, 5) is 31.7. The largest absolute Gasteiger partial charge is 0.465 e. The Kier molecular flexibility index (Phi) is 5.52. The van der Waals surface area contributed by atoms with Gasteiger partial charge >= 0.3 is 12.0 Å². The molecular formula is C26H24N4O3. The van der Waals surface area contributed by atoms with Crippen molar-refractivity contribution in [2.24, 2.45) is 0 Å². The van der Waals surface area contributed by atoms with Crippen LogP contribution in [0.15, 0.2) is 79.0 Å². The number of amides is 2. The minimum absolute atomic E-state index is 0.133. The number of urea groups is 1. The summed E-state index contributed by atoms with van der Waals surface area (Å²) in [5, 5.41) is 2.95. The lowest BCUT2D eigenvalue weighted by Crippen LogP contribution is -2.35. The van der Waals surface area contributed by atoms with Crippen molar-refractivity contribution in [3.8, 4) is 11.3 Å². The van der Waals surface area contributed by atoms with Crippen LogP contribution in [0.5, 0.6) is 0 Å². The van der Waals surface area contributed by atoms with Gasteiger partial charge in [0.15, 0.2) is 0 Å². The van der Waals surface area contributed by atoms with Crippen LogP contribution in [0.3, 0.4) is 0 Å². The van der Waals surface area contributed by atoms with Gasteiger partial charge in [0.25, 0.3) is 0 Å². The summed E-state index contributed by atoms with van der Waals surface area (Å²) in [6, 6.07) is 22.5. The molecule has 1 fully saturated rings. The Bertz CT molecular complexity index is 1300. The third-order valence-electron chi connectivity index (χ3n) is 5.99. The average Bonchev–Trinajstić information content (AvgIpc) is 3.49. The third kappa shape index (κ3) is 3.93. The fraction of sp³-hybridized carbons (Fsp3) is 0.192. The number of aromatic nitrogens is 2. The fourth-order valence-electron chi connectivity index (χ4n) is 4.39. The predicted molar refractivity (Wildman–Crippen MR) is 126 cm³/mol. The van der Waals surface area contributed by atoms with E-state index in [1.807, 2.05) is 41.4 Å². The molecule has 0 spiro atoms. The van der Waals surface area contributed by atoms with E-state index in [4.69, 9.17) is 9.72 Å². The van der Waals surface area contributed by atoms with Crippen LogP contribution in [-0.4, -0.2) is 39.9 Å². The Morgan fingerprint density at radius 1 is 1.00 bits per heavy atom. The molecule has 3 heterocycles. The second-order valence-corrected chi connectivity index (χ2v) is 7.99. The first-order valence-corrected chi connectivity index (χ1v) is 10.9. The summed E-state index contributed by atoms with van der Waals surface area (Å²) in [5.74, 6) is 0.450. The quantitative estimate of drug-likeness (QED) is 0.445. The molecule has 7 heteroatoms. The Labute approximate surface area is 191 Å². The zero-order chi connectivity index (χ0) is 22.8. The van der Waals surface area contributed by atoms with Crippen LogP contribution in [0.1, 0.15) is 35.1 Å². The van der Waals surface area contributed by atoms with Crippen LogP contribution in [0.4, 0.5) is 10.5 Å². The summed E-state index contributed by atoms with van der Waals surface area (Å²) in [6.07, 6.45) is 3.75. The number of methoxy groups -OCH3 is 1. The summed E-state index contributed by atoms with van der Waals surface area (Å²) >= 11 is 0. The van der Waals surface area contributed by atoms with Crippen LogP contribution in [0.25, 0.3) is 16.8 Å². The molecule has 7 nitrogen and oxygen atoms in total. The second-order valence-electron chi connectivity index (χ2n) is 7.99. The molecule has 2 aromatic heterocycles. The molecule has 166 valence electrons. The van der Waals surface area contributed by atoms with Gasteiger partial charge in [-0.3, -0.25) is 0 Å². The number of ether oxygens (including phenoxy) is 1. The summed E-state index contributed by atoms with van der Waals surface area (Å²) in [5.41, 5.74) is 4.04. The molecule has 1 saturated heterocycles.